The largest absolute Gasteiger partial charge is 0.441 e. The Morgan fingerprint density at radius 1 is 1.43 bits per heavy atom. The number of aliphatic hydroxyl groups is 1. The molecule has 2 unspecified atom stereocenters. The van der Waals surface area contributed by atoms with Crippen molar-refractivity contribution in [1.82, 2.24) is 0 Å². The topological polar surface area (TPSA) is 46.2 Å². The normalized spacial score (nSPS) is 19.1. The van der Waals surface area contributed by atoms with E-state index in [1.165, 1.54) is 0 Å². The van der Waals surface area contributed by atoms with Gasteiger partial charge in [-0.3, -0.25) is 0 Å². The van der Waals surface area contributed by atoms with Crippen molar-refractivity contribution < 1.29 is 18.3 Å². The molecular formula is C8H16F3NOS. The van der Waals surface area contributed by atoms with Crippen molar-refractivity contribution in [3.8, 4) is 0 Å². The fraction of sp³-hybridized carbons (Fsp3) is 1.00. The monoisotopic (exact) mass is 231 g/mol. The van der Waals surface area contributed by atoms with Crippen molar-refractivity contribution in [1.29, 1.82) is 0 Å². The minimum atomic E-state index is -4.20. The lowest BCUT2D eigenvalue weighted by Crippen LogP contribution is -2.38. The molecule has 6 heteroatoms. The molecule has 2 nitrogen and oxygen atoms in total. The number of halogens is 3. The second-order valence-corrected chi connectivity index (χ2v) is 4.74. The van der Waals surface area contributed by atoms with E-state index in [0.717, 1.165) is 0 Å². The van der Waals surface area contributed by atoms with Gasteiger partial charge in [0.05, 0.1) is 6.10 Å². The van der Waals surface area contributed by atoms with E-state index in [2.05, 4.69) is 0 Å². The first-order valence-corrected chi connectivity index (χ1v) is 5.28. The predicted octanol–water partition coefficient (Wildman–Crippen LogP) is 1.98. The molecule has 3 N–H and O–H groups in total. The zero-order chi connectivity index (χ0) is 11.4. The average molecular weight is 231 g/mol. The first-order chi connectivity index (χ1) is 6.21. The van der Waals surface area contributed by atoms with Crippen molar-refractivity contribution in [3.63, 3.8) is 0 Å². The quantitative estimate of drug-likeness (QED) is 0.760. The van der Waals surface area contributed by atoms with Gasteiger partial charge in [0.2, 0.25) is 0 Å². The molecule has 0 aliphatic carbocycles. The standard InChI is InChI=1S/C8H16F3NOS/c1-6(13)7(2,5-12)3-4-14-8(9,10)11/h6,13H,3-5,12H2,1-2H3. The van der Waals surface area contributed by atoms with E-state index >= 15 is 0 Å². The lowest BCUT2D eigenvalue weighted by atomic mass is 9.82. The molecule has 2 atom stereocenters. The number of alkyl halides is 3. The van der Waals surface area contributed by atoms with Crippen LogP contribution < -0.4 is 5.73 Å². The Morgan fingerprint density at radius 3 is 2.21 bits per heavy atom. The van der Waals surface area contributed by atoms with E-state index in [4.69, 9.17) is 5.73 Å². The molecule has 0 spiro atoms. The fourth-order valence-electron chi connectivity index (χ4n) is 0.881. The van der Waals surface area contributed by atoms with Crippen LogP contribution in [-0.4, -0.2) is 29.0 Å². The summed E-state index contributed by atoms with van der Waals surface area (Å²) in [7, 11) is 0. The van der Waals surface area contributed by atoms with Gasteiger partial charge < -0.3 is 10.8 Å². The maximum atomic E-state index is 11.8. The molecule has 0 aliphatic rings. The molecule has 0 aromatic carbocycles. The maximum Gasteiger partial charge on any atom is 0.441 e. The van der Waals surface area contributed by atoms with Gasteiger partial charge in [-0.2, -0.15) is 13.2 Å². The van der Waals surface area contributed by atoms with Crippen LogP contribution in [0.15, 0.2) is 0 Å². The van der Waals surface area contributed by atoms with Gasteiger partial charge in [-0.15, -0.1) is 0 Å². The van der Waals surface area contributed by atoms with Crippen molar-refractivity contribution in [2.45, 2.75) is 31.9 Å². The molecule has 0 bridgehead atoms. The molecule has 0 aromatic heterocycles. The van der Waals surface area contributed by atoms with Crippen molar-refractivity contribution in [3.05, 3.63) is 0 Å². The minimum Gasteiger partial charge on any atom is -0.393 e. The predicted molar refractivity (Wildman–Crippen MR) is 52.0 cm³/mol. The van der Waals surface area contributed by atoms with Crippen molar-refractivity contribution >= 4 is 11.8 Å². The Balaban J connectivity index is 3.97. The third kappa shape index (κ3) is 5.07. The van der Waals surface area contributed by atoms with E-state index in [1.54, 1.807) is 13.8 Å². The van der Waals surface area contributed by atoms with E-state index in [-0.39, 0.29) is 30.5 Å². The van der Waals surface area contributed by atoms with E-state index in [9.17, 15) is 18.3 Å². The molecule has 0 fully saturated rings. The Kier molecular flexibility index (Phi) is 5.25. The zero-order valence-electron chi connectivity index (χ0n) is 8.27. The first kappa shape index (κ1) is 14.1. The third-order valence-corrected chi connectivity index (χ3v) is 3.15. The average Bonchev–Trinajstić information content (AvgIpc) is 2.01. The van der Waals surface area contributed by atoms with E-state index in [0.29, 0.717) is 0 Å². The van der Waals surface area contributed by atoms with Gasteiger partial charge in [0.1, 0.15) is 0 Å². The summed E-state index contributed by atoms with van der Waals surface area (Å²) in [4.78, 5) is 0. The Morgan fingerprint density at radius 2 is 1.93 bits per heavy atom. The SMILES string of the molecule is CC(O)C(C)(CN)CCSC(F)(F)F. The van der Waals surface area contributed by atoms with Crippen LogP contribution in [0.1, 0.15) is 20.3 Å². The highest BCUT2D eigenvalue weighted by molar-refractivity contribution is 8.00. The molecule has 0 heterocycles. The second kappa shape index (κ2) is 5.23. The van der Waals surface area contributed by atoms with Crippen LogP contribution in [0, 0.1) is 5.41 Å². The lowest BCUT2D eigenvalue weighted by molar-refractivity contribution is -0.0331. The van der Waals surface area contributed by atoms with Crippen LogP contribution in [-0.2, 0) is 0 Å². The lowest BCUT2D eigenvalue weighted by Gasteiger charge is -2.31. The summed E-state index contributed by atoms with van der Waals surface area (Å²) in [5, 5.41) is 9.33. The Bertz CT molecular complexity index is 174. The summed E-state index contributed by atoms with van der Waals surface area (Å²) in [6.07, 6.45) is -0.438. The molecule has 0 amide bonds. The van der Waals surface area contributed by atoms with Crippen LogP contribution >= 0.6 is 11.8 Å². The first-order valence-electron chi connectivity index (χ1n) is 4.30. The van der Waals surface area contributed by atoms with Crippen molar-refractivity contribution in [2.75, 3.05) is 12.3 Å². The Labute approximate surface area is 86.0 Å². The summed E-state index contributed by atoms with van der Waals surface area (Å²) in [5.74, 6) is -0.0674. The van der Waals surface area contributed by atoms with Crippen LogP contribution in [0.3, 0.4) is 0 Å². The van der Waals surface area contributed by atoms with Crippen LogP contribution in [0.2, 0.25) is 0 Å². The van der Waals surface area contributed by atoms with Gasteiger partial charge in [-0.05, 0) is 13.3 Å². The van der Waals surface area contributed by atoms with Gasteiger partial charge in [-0.25, -0.2) is 0 Å². The number of rotatable bonds is 5. The number of hydrogen-bond acceptors (Lipinski definition) is 3. The molecule has 86 valence electrons. The van der Waals surface area contributed by atoms with Crippen LogP contribution in [0.4, 0.5) is 13.2 Å². The van der Waals surface area contributed by atoms with Gasteiger partial charge in [0.15, 0.2) is 0 Å². The molecule has 0 aromatic rings. The van der Waals surface area contributed by atoms with E-state index in [1.807, 2.05) is 0 Å². The van der Waals surface area contributed by atoms with Crippen LogP contribution in [0.5, 0.6) is 0 Å². The summed E-state index contributed by atoms with van der Waals surface area (Å²) in [6.45, 7) is 3.42. The van der Waals surface area contributed by atoms with Gasteiger partial charge in [0.25, 0.3) is 0 Å². The number of thioether (sulfide) groups is 1. The molecule has 14 heavy (non-hydrogen) atoms. The Hall–Kier alpha value is 0.0600. The molecule has 0 saturated heterocycles. The van der Waals surface area contributed by atoms with Crippen LogP contribution in [0.25, 0.3) is 0 Å². The molecule has 0 rings (SSSR count). The summed E-state index contributed by atoms with van der Waals surface area (Å²) < 4.78 is 35.4. The number of hydrogen-bond donors (Lipinski definition) is 2. The van der Waals surface area contributed by atoms with Gasteiger partial charge >= 0.3 is 5.51 Å². The highest BCUT2D eigenvalue weighted by atomic mass is 32.2. The molecule has 0 saturated carbocycles. The highest BCUT2D eigenvalue weighted by Gasteiger charge is 2.32. The third-order valence-electron chi connectivity index (χ3n) is 2.41. The van der Waals surface area contributed by atoms with Crippen molar-refractivity contribution in [2.24, 2.45) is 11.1 Å². The second-order valence-electron chi connectivity index (χ2n) is 3.58. The summed E-state index contributed by atoms with van der Waals surface area (Å²) in [6, 6.07) is 0. The molecule has 0 aliphatic heterocycles. The fourth-order valence-corrected chi connectivity index (χ4v) is 1.68. The van der Waals surface area contributed by atoms with Gasteiger partial charge in [-0.1, -0.05) is 18.7 Å². The highest BCUT2D eigenvalue weighted by Crippen LogP contribution is 2.34. The molecule has 0 radical (unpaired) electrons. The number of aliphatic hydroxyl groups excluding tert-OH is 1. The number of nitrogens with two attached hydrogens (primary N) is 1. The van der Waals surface area contributed by atoms with E-state index < -0.39 is 17.0 Å². The summed E-state index contributed by atoms with van der Waals surface area (Å²) in [5.41, 5.74) is 0.580. The molecular weight excluding hydrogens is 215 g/mol. The van der Waals surface area contributed by atoms with Gasteiger partial charge in [0, 0.05) is 17.7 Å². The minimum absolute atomic E-state index is 0.0674. The zero-order valence-corrected chi connectivity index (χ0v) is 9.08. The maximum absolute atomic E-state index is 11.8. The summed E-state index contributed by atoms with van der Waals surface area (Å²) >= 11 is -0.0734. The smallest absolute Gasteiger partial charge is 0.393 e.